The Morgan fingerprint density at radius 3 is 1.95 bits per heavy atom. The van der Waals surface area contributed by atoms with Gasteiger partial charge in [-0.1, -0.05) is 36.4 Å². The molecule has 1 aliphatic rings. The minimum Gasteiger partial charge on any atom is -0.496 e. The zero-order valence-electron chi connectivity index (χ0n) is 22.1. The van der Waals surface area contributed by atoms with Crippen LogP contribution in [-0.2, 0) is 31.5 Å². The van der Waals surface area contributed by atoms with Crippen LogP contribution in [0.15, 0.2) is 66.7 Å². The smallest absolute Gasteiger partial charge is 0.419 e. The van der Waals surface area contributed by atoms with Gasteiger partial charge in [0.15, 0.2) is 0 Å². The lowest BCUT2D eigenvalue weighted by atomic mass is 9.97. The van der Waals surface area contributed by atoms with E-state index in [9.17, 15) is 44.3 Å². The molecule has 1 saturated heterocycles. The fraction of sp³-hybridized carbons (Fsp3) is 0.345. The first kappa shape index (κ1) is 31.2. The van der Waals surface area contributed by atoms with E-state index in [-0.39, 0.29) is 32.1 Å². The van der Waals surface area contributed by atoms with Crippen molar-refractivity contribution in [1.29, 1.82) is 0 Å². The van der Waals surface area contributed by atoms with Crippen LogP contribution in [0.25, 0.3) is 0 Å². The summed E-state index contributed by atoms with van der Waals surface area (Å²) in [5.41, 5.74) is -3.77. The standard InChI is InChI=1S/C29H25F9N2O2/c1-42-25-12-19(7-8-24(25)29(36,37)38)11-23-17-39(16-18-5-3-2-4-6-18)9-10-40(23)26(41)20-13-21(27(30,31)32)15-22(14-20)28(33,34)35/h2-8,12-15,23H,9-11,16-17H2,1H3/t23-/m1/s1. The predicted molar refractivity (Wildman–Crippen MR) is 135 cm³/mol. The molecule has 1 amide bonds. The number of carbonyl (C=O) groups is 1. The number of halogens is 9. The molecule has 0 bridgehead atoms. The van der Waals surface area contributed by atoms with E-state index in [1.54, 1.807) is 0 Å². The third-order valence-corrected chi connectivity index (χ3v) is 6.95. The van der Waals surface area contributed by atoms with Crippen LogP contribution in [0, 0.1) is 0 Å². The predicted octanol–water partition coefficient (Wildman–Crippen LogP) is 7.32. The van der Waals surface area contributed by atoms with E-state index in [0.29, 0.717) is 24.2 Å². The quantitative estimate of drug-likeness (QED) is 0.277. The molecule has 1 heterocycles. The van der Waals surface area contributed by atoms with Gasteiger partial charge in [0.2, 0.25) is 0 Å². The highest BCUT2D eigenvalue weighted by molar-refractivity contribution is 5.95. The van der Waals surface area contributed by atoms with Crippen LogP contribution >= 0.6 is 0 Å². The first-order chi connectivity index (χ1) is 19.6. The van der Waals surface area contributed by atoms with Gasteiger partial charge in [0.1, 0.15) is 5.75 Å². The van der Waals surface area contributed by atoms with Gasteiger partial charge < -0.3 is 9.64 Å². The Balaban J connectivity index is 1.70. The van der Waals surface area contributed by atoms with Crippen LogP contribution in [0.2, 0.25) is 0 Å². The monoisotopic (exact) mass is 604 g/mol. The molecule has 0 N–H and O–H groups in total. The lowest BCUT2D eigenvalue weighted by molar-refractivity contribution is -0.143. The first-order valence-corrected chi connectivity index (χ1v) is 12.7. The number of ether oxygens (including phenoxy) is 1. The maximum Gasteiger partial charge on any atom is 0.419 e. The van der Waals surface area contributed by atoms with Gasteiger partial charge in [-0.3, -0.25) is 9.69 Å². The molecule has 4 rings (SSSR count). The molecule has 3 aromatic rings. The minimum atomic E-state index is -5.14. The van der Waals surface area contributed by atoms with E-state index >= 15 is 0 Å². The molecule has 3 aromatic carbocycles. The van der Waals surface area contributed by atoms with Crippen molar-refractivity contribution in [3.8, 4) is 5.75 Å². The van der Waals surface area contributed by atoms with E-state index in [4.69, 9.17) is 4.74 Å². The SMILES string of the molecule is COc1cc(C[C@@H]2CN(Cc3ccccc3)CCN2C(=O)c2cc(C(F)(F)F)cc(C(F)(F)F)c2)ccc1C(F)(F)F. The van der Waals surface area contributed by atoms with Crippen molar-refractivity contribution in [1.82, 2.24) is 9.80 Å². The average molecular weight is 605 g/mol. The van der Waals surface area contributed by atoms with Gasteiger partial charge in [0, 0.05) is 37.8 Å². The van der Waals surface area contributed by atoms with Gasteiger partial charge in [-0.15, -0.1) is 0 Å². The summed E-state index contributed by atoms with van der Waals surface area (Å²) in [5, 5.41) is 0. The number of carbonyl (C=O) groups excluding carboxylic acids is 1. The molecular weight excluding hydrogens is 579 g/mol. The number of hydrogen-bond donors (Lipinski definition) is 0. The van der Waals surface area contributed by atoms with E-state index in [1.165, 1.54) is 11.0 Å². The highest BCUT2D eigenvalue weighted by Gasteiger charge is 2.39. The molecule has 0 unspecified atom stereocenters. The Morgan fingerprint density at radius 1 is 0.786 bits per heavy atom. The molecule has 1 fully saturated rings. The molecule has 1 aliphatic heterocycles. The Bertz CT molecular complexity index is 1370. The van der Waals surface area contributed by atoms with Crippen molar-refractivity contribution in [2.75, 3.05) is 26.7 Å². The summed E-state index contributed by atoms with van der Waals surface area (Å²) in [6.07, 6.45) is -15.0. The normalized spacial score (nSPS) is 16.9. The van der Waals surface area contributed by atoms with Crippen molar-refractivity contribution < 1.29 is 49.0 Å². The number of benzene rings is 3. The maximum absolute atomic E-state index is 13.5. The van der Waals surface area contributed by atoms with Crippen molar-refractivity contribution >= 4 is 5.91 Å². The minimum absolute atomic E-state index is 0.0311. The number of amides is 1. The van der Waals surface area contributed by atoms with Crippen LogP contribution in [0.5, 0.6) is 5.75 Å². The van der Waals surface area contributed by atoms with Crippen LogP contribution in [0.1, 0.15) is 38.2 Å². The van der Waals surface area contributed by atoms with Crippen LogP contribution in [0.3, 0.4) is 0 Å². The molecule has 0 radical (unpaired) electrons. The topological polar surface area (TPSA) is 32.8 Å². The average Bonchev–Trinajstić information content (AvgIpc) is 2.91. The Labute approximate surface area is 235 Å². The largest absolute Gasteiger partial charge is 0.496 e. The van der Waals surface area contributed by atoms with E-state index < -0.39 is 58.5 Å². The fourth-order valence-corrected chi connectivity index (χ4v) is 4.96. The second-order valence-corrected chi connectivity index (χ2v) is 9.90. The molecule has 4 nitrogen and oxygen atoms in total. The molecule has 0 saturated carbocycles. The molecule has 0 spiro atoms. The lowest BCUT2D eigenvalue weighted by Crippen LogP contribution is -2.55. The lowest BCUT2D eigenvalue weighted by Gasteiger charge is -2.42. The molecule has 0 aliphatic carbocycles. The van der Waals surface area contributed by atoms with Gasteiger partial charge in [0.05, 0.1) is 23.8 Å². The van der Waals surface area contributed by atoms with Gasteiger partial charge in [-0.2, -0.15) is 39.5 Å². The number of methoxy groups -OCH3 is 1. The number of rotatable bonds is 6. The van der Waals surface area contributed by atoms with Crippen LogP contribution < -0.4 is 4.74 Å². The fourth-order valence-electron chi connectivity index (χ4n) is 4.96. The van der Waals surface area contributed by atoms with Crippen molar-refractivity contribution in [3.63, 3.8) is 0 Å². The number of nitrogens with zero attached hydrogens (tertiary/aromatic N) is 2. The molecule has 0 aromatic heterocycles. The van der Waals surface area contributed by atoms with Crippen LogP contribution in [0.4, 0.5) is 39.5 Å². The Hall–Kier alpha value is -3.74. The Morgan fingerprint density at radius 2 is 1.40 bits per heavy atom. The van der Waals surface area contributed by atoms with Crippen molar-refractivity contribution in [3.05, 3.63) is 100 Å². The number of piperazine rings is 1. The summed E-state index contributed by atoms with van der Waals surface area (Å²) in [5.74, 6) is -1.50. The third kappa shape index (κ3) is 7.36. The van der Waals surface area contributed by atoms with Crippen LogP contribution in [-0.4, -0.2) is 48.5 Å². The maximum atomic E-state index is 13.5. The first-order valence-electron chi connectivity index (χ1n) is 12.7. The summed E-state index contributed by atoms with van der Waals surface area (Å²) in [6, 6.07) is 12.3. The summed E-state index contributed by atoms with van der Waals surface area (Å²) in [7, 11) is 1.07. The molecular formula is C29H25F9N2O2. The second-order valence-electron chi connectivity index (χ2n) is 9.90. The number of hydrogen-bond acceptors (Lipinski definition) is 3. The third-order valence-electron chi connectivity index (χ3n) is 6.95. The van der Waals surface area contributed by atoms with Gasteiger partial charge in [0.25, 0.3) is 5.91 Å². The van der Waals surface area contributed by atoms with Gasteiger partial charge in [-0.05, 0) is 47.9 Å². The zero-order valence-corrected chi connectivity index (χ0v) is 22.1. The van der Waals surface area contributed by atoms with E-state index in [2.05, 4.69) is 0 Å². The van der Waals surface area contributed by atoms with Gasteiger partial charge >= 0.3 is 18.5 Å². The van der Waals surface area contributed by atoms with Crippen molar-refractivity contribution in [2.45, 2.75) is 37.5 Å². The van der Waals surface area contributed by atoms with Crippen molar-refractivity contribution in [2.24, 2.45) is 0 Å². The number of alkyl halides is 9. The van der Waals surface area contributed by atoms with Gasteiger partial charge in [-0.25, -0.2) is 0 Å². The second kappa shape index (κ2) is 11.9. The Kier molecular flexibility index (Phi) is 8.81. The summed E-state index contributed by atoms with van der Waals surface area (Å²) in [4.78, 5) is 16.7. The van der Waals surface area contributed by atoms with E-state index in [1.807, 2.05) is 35.2 Å². The highest BCUT2D eigenvalue weighted by Crippen LogP contribution is 2.38. The highest BCUT2D eigenvalue weighted by atomic mass is 19.4. The summed E-state index contributed by atoms with van der Waals surface area (Å²) < 4.78 is 126. The molecule has 226 valence electrons. The summed E-state index contributed by atoms with van der Waals surface area (Å²) in [6.45, 7) is 0.830. The molecule has 1 atom stereocenters. The molecule has 13 heteroatoms. The summed E-state index contributed by atoms with van der Waals surface area (Å²) >= 11 is 0. The molecule has 42 heavy (non-hydrogen) atoms. The zero-order chi connectivity index (χ0) is 30.9. The van der Waals surface area contributed by atoms with E-state index in [0.717, 1.165) is 24.8 Å².